The maximum absolute atomic E-state index is 13.1. The van der Waals surface area contributed by atoms with Crippen molar-refractivity contribution in [1.82, 2.24) is 30.7 Å². The molecule has 2 heterocycles. The number of hydrogen-bond acceptors (Lipinski definition) is 9. The maximum atomic E-state index is 13.1. The van der Waals surface area contributed by atoms with E-state index in [0.29, 0.717) is 27.7 Å². The van der Waals surface area contributed by atoms with Crippen molar-refractivity contribution in [2.45, 2.75) is 17.6 Å². The van der Waals surface area contributed by atoms with E-state index in [1.807, 2.05) is 12.1 Å². The molecule has 0 radical (unpaired) electrons. The van der Waals surface area contributed by atoms with Crippen LogP contribution in [0.5, 0.6) is 0 Å². The summed E-state index contributed by atoms with van der Waals surface area (Å²) < 4.78 is 19.1. The van der Waals surface area contributed by atoms with Gasteiger partial charge in [-0.15, -0.1) is 16.9 Å². The van der Waals surface area contributed by atoms with Gasteiger partial charge in [0.05, 0.1) is 11.4 Å². The van der Waals surface area contributed by atoms with Gasteiger partial charge < -0.3 is 5.73 Å². The Kier molecular flexibility index (Phi) is 6.66. The van der Waals surface area contributed by atoms with E-state index in [1.54, 1.807) is 31.2 Å². The smallest absolute Gasteiger partial charge is 0.293 e. The van der Waals surface area contributed by atoms with Crippen molar-refractivity contribution < 1.29 is 13.8 Å². The standard InChI is InChI=1S/C20H16ClFN8O2S/c1-11(12-2-6-14(22)7-3-12)24-26-20(31)17-16(10-33-15-8-4-13(21)5-9-15)30(29-25-17)19-18(23)27-32-28-19/h2-9H,10H2,1H3,(H2,23,27)(H,26,31)/b24-11-. The highest BCUT2D eigenvalue weighted by atomic mass is 35.5. The number of carbonyl (C=O) groups is 1. The normalized spacial score (nSPS) is 11.5. The van der Waals surface area contributed by atoms with Crippen LogP contribution in [0.2, 0.25) is 5.02 Å². The molecule has 2 aromatic carbocycles. The first-order chi connectivity index (χ1) is 15.9. The number of rotatable bonds is 7. The minimum atomic E-state index is -0.593. The Balaban J connectivity index is 1.59. The third-order valence-electron chi connectivity index (χ3n) is 4.45. The van der Waals surface area contributed by atoms with E-state index in [4.69, 9.17) is 17.3 Å². The fourth-order valence-electron chi connectivity index (χ4n) is 2.74. The lowest BCUT2D eigenvalue weighted by Crippen LogP contribution is -2.21. The van der Waals surface area contributed by atoms with Gasteiger partial charge in [0.1, 0.15) is 5.82 Å². The van der Waals surface area contributed by atoms with Crippen LogP contribution in [0.1, 0.15) is 28.7 Å². The molecule has 10 nitrogen and oxygen atoms in total. The fraction of sp³-hybridized carbons (Fsp3) is 0.100. The highest BCUT2D eigenvalue weighted by Gasteiger charge is 2.24. The van der Waals surface area contributed by atoms with Crippen LogP contribution in [0.15, 0.2) is 63.2 Å². The molecule has 168 valence electrons. The van der Waals surface area contributed by atoms with Crippen molar-refractivity contribution in [2.24, 2.45) is 5.10 Å². The number of thioether (sulfide) groups is 1. The number of anilines is 1. The first-order valence-corrected chi connectivity index (χ1v) is 10.8. The second-order valence-electron chi connectivity index (χ2n) is 6.66. The Bertz CT molecular complexity index is 1300. The van der Waals surface area contributed by atoms with Crippen molar-refractivity contribution in [1.29, 1.82) is 0 Å². The second kappa shape index (κ2) is 9.79. The third kappa shape index (κ3) is 5.18. The van der Waals surface area contributed by atoms with E-state index in [-0.39, 0.29) is 23.1 Å². The van der Waals surface area contributed by atoms with Crippen LogP contribution in [0, 0.1) is 5.82 Å². The lowest BCUT2D eigenvalue weighted by Gasteiger charge is -2.06. The number of nitrogens with two attached hydrogens (primary N) is 1. The van der Waals surface area contributed by atoms with Crippen molar-refractivity contribution in [3.8, 4) is 5.82 Å². The summed E-state index contributed by atoms with van der Waals surface area (Å²) in [5.74, 6) is -0.556. The molecule has 0 atom stereocenters. The van der Waals surface area contributed by atoms with Gasteiger partial charge in [0.2, 0.25) is 11.6 Å². The number of hydrogen-bond donors (Lipinski definition) is 2. The van der Waals surface area contributed by atoms with Gasteiger partial charge in [0.15, 0.2) is 5.69 Å². The monoisotopic (exact) mass is 486 g/mol. The van der Waals surface area contributed by atoms with Crippen molar-refractivity contribution in [3.05, 3.63) is 76.3 Å². The molecule has 4 aromatic rings. The van der Waals surface area contributed by atoms with Crippen molar-refractivity contribution in [2.75, 3.05) is 5.73 Å². The molecule has 1 amide bonds. The molecule has 3 N–H and O–H groups in total. The molecule has 0 spiro atoms. The minimum absolute atomic E-state index is 0.00484. The van der Waals surface area contributed by atoms with E-state index < -0.39 is 5.91 Å². The summed E-state index contributed by atoms with van der Waals surface area (Å²) in [6, 6.07) is 13.0. The van der Waals surface area contributed by atoms with Crippen LogP contribution in [-0.2, 0) is 5.75 Å². The van der Waals surface area contributed by atoms with Gasteiger partial charge in [0, 0.05) is 15.7 Å². The highest BCUT2D eigenvalue weighted by Crippen LogP contribution is 2.27. The van der Waals surface area contributed by atoms with Crippen molar-refractivity contribution in [3.63, 3.8) is 0 Å². The second-order valence-corrected chi connectivity index (χ2v) is 8.14. The molecule has 0 saturated carbocycles. The van der Waals surface area contributed by atoms with Crippen LogP contribution in [0.3, 0.4) is 0 Å². The Morgan fingerprint density at radius 2 is 1.94 bits per heavy atom. The number of halogens is 2. The molecular weight excluding hydrogens is 471 g/mol. The Morgan fingerprint density at radius 1 is 1.21 bits per heavy atom. The fourth-order valence-corrected chi connectivity index (χ4v) is 3.76. The first-order valence-electron chi connectivity index (χ1n) is 9.44. The average molecular weight is 487 g/mol. The summed E-state index contributed by atoms with van der Waals surface area (Å²) in [4.78, 5) is 13.8. The van der Waals surface area contributed by atoms with E-state index >= 15 is 0 Å². The van der Waals surface area contributed by atoms with Gasteiger partial charge in [-0.3, -0.25) is 4.79 Å². The maximum Gasteiger partial charge on any atom is 0.293 e. The van der Waals surface area contributed by atoms with Crippen LogP contribution >= 0.6 is 23.4 Å². The predicted octanol–water partition coefficient (Wildman–Crippen LogP) is 3.47. The Labute approximate surface area is 196 Å². The Hall–Kier alpha value is -3.77. The van der Waals surface area contributed by atoms with Crippen LogP contribution in [-0.4, -0.2) is 36.9 Å². The summed E-state index contributed by atoms with van der Waals surface area (Å²) in [6.07, 6.45) is 0. The van der Waals surface area contributed by atoms with Gasteiger partial charge in [0.25, 0.3) is 5.91 Å². The number of hydrazone groups is 1. The summed E-state index contributed by atoms with van der Waals surface area (Å²) >= 11 is 7.37. The molecule has 0 fully saturated rings. The van der Waals surface area contributed by atoms with E-state index in [2.05, 4.69) is 35.8 Å². The SMILES string of the molecule is C/C(=N/NC(=O)c1nnn(-c2nonc2N)c1CSc1ccc(Cl)cc1)c1ccc(F)cc1. The predicted molar refractivity (Wildman–Crippen MR) is 121 cm³/mol. The van der Waals surface area contributed by atoms with E-state index in [1.165, 1.54) is 28.6 Å². The lowest BCUT2D eigenvalue weighted by atomic mass is 10.1. The summed E-state index contributed by atoms with van der Waals surface area (Å²) in [6.45, 7) is 1.68. The molecule has 4 rings (SSSR count). The molecule has 0 unspecified atom stereocenters. The Morgan fingerprint density at radius 3 is 2.61 bits per heavy atom. The molecular formula is C20H16ClFN8O2S. The summed E-state index contributed by atoms with van der Waals surface area (Å²) in [7, 11) is 0. The number of benzene rings is 2. The molecule has 33 heavy (non-hydrogen) atoms. The largest absolute Gasteiger partial charge is 0.378 e. The number of nitrogens with zero attached hydrogens (tertiary/aromatic N) is 6. The van der Waals surface area contributed by atoms with Gasteiger partial charge in [-0.05, 0) is 59.2 Å². The van der Waals surface area contributed by atoms with Crippen LogP contribution in [0.4, 0.5) is 10.2 Å². The number of aromatic nitrogens is 5. The summed E-state index contributed by atoms with van der Waals surface area (Å²) in [5.41, 5.74) is 9.82. The van der Waals surface area contributed by atoms with Gasteiger partial charge in [-0.2, -0.15) is 9.78 Å². The van der Waals surface area contributed by atoms with Gasteiger partial charge in [-0.25, -0.2) is 14.4 Å². The van der Waals surface area contributed by atoms with Crippen LogP contribution in [0.25, 0.3) is 5.82 Å². The number of carbonyl (C=O) groups excluding carboxylic acids is 1. The topological polar surface area (TPSA) is 137 Å². The molecule has 0 aliphatic carbocycles. The van der Waals surface area contributed by atoms with Crippen LogP contribution < -0.4 is 11.2 Å². The molecule has 13 heteroatoms. The number of nitrogen functional groups attached to an aromatic ring is 1. The van der Waals surface area contributed by atoms with Gasteiger partial charge >= 0.3 is 0 Å². The molecule has 0 bridgehead atoms. The average Bonchev–Trinajstić information content (AvgIpc) is 3.43. The number of amides is 1. The van der Waals surface area contributed by atoms with E-state index in [9.17, 15) is 9.18 Å². The molecule has 0 aliphatic heterocycles. The molecule has 2 aromatic heterocycles. The van der Waals surface area contributed by atoms with Gasteiger partial charge in [-0.1, -0.05) is 28.9 Å². The summed E-state index contributed by atoms with van der Waals surface area (Å²) in [5, 5.41) is 20.0. The zero-order valence-electron chi connectivity index (χ0n) is 17.1. The first kappa shape index (κ1) is 22.4. The minimum Gasteiger partial charge on any atom is -0.378 e. The molecule has 0 saturated heterocycles. The lowest BCUT2D eigenvalue weighted by molar-refractivity contribution is 0.0949. The molecule has 0 aliphatic rings. The third-order valence-corrected chi connectivity index (χ3v) is 5.73. The quantitative estimate of drug-likeness (QED) is 0.230. The van der Waals surface area contributed by atoms with E-state index in [0.717, 1.165) is 4.90 Å². The van der Waals surface area contributed by atoms with Crippen molar-refractivity contribution >= 4 is 40.8 Å². The zero-order chi connectivity index (χ0) is 23.4. The number of nitrogens with one attached hydrogen (secondary N) is 1. The zero-order valence-corrected chi connectivity index (χ0v) is 18.6. The highest BCUT2D eigenvalue weighted by molar-refractivity contribution is 7.98.